The fourth-order valence-electron chi connectivity index (χ4n) is 3.32. The third-order valence-electron chi connectivity index (χ3n) is 4.91. The van der Waals surface area contributed by atoms with Crippen LogP contribution in [0.2, 0.25) is 0 Å². The average Bonchev–Trinajstić information content (AvgIpc) is 3.02. The Morgan fingerprint density at radius 1 is 1.24 bits per heavy atom. The highest BCUT2D eigenvalue weighted by Crippen LogP contribution is 2.18. The highest BCUT2D eigenvalue weighted by Gasteiger charge is 2.15. The van der Waals surface area contributed by atoms with Gasteiger partial charge in [0.25, 0.3) is 0 Å². The van der Waals surface area contributed by atoms with Crippen LogP contribution in [0.1, 0.15) is 46.0 Å². The lowest BCUT2D eigenvalue weighted by atomic mass is 10.1. The van der Waals surface area contributed by atoms with Gasteiger partial charge in [0.15, 0.2) is 11.5 Å². The number of aromatic nitrogens is 4. The van der Waals surface area contributed by atoms with Crippen LogP contribution in [0.25, 0.3) is 11.2 Å². The van der Waals surface area contributed by atoms with Crippen LogP contribution < -0.4 is 16.2 Å². The molecule has 10 nitrogen and oxygen atoms in total. The van der Waals surface area contributed by atoms with Crippen molar-refractivity contribution in [3.63, 3.8) is 0 Å². The highest BCUT2D eigenvalue weighted by atomic mass is 16.6. The van der Waals surface area contributed by atoms with Crippen molar-refractivity contribution in [1.29, 1.82) is 0 Å². The van der Waals surface area contributed by atoms with Crippen LogP contribution >= 0.6 is 0 Å². The number of hydrogen-bond donors (Lipinski definition) is 2. The van der Waals surface area contributed by atoms with E-state index in [2.05, 4.69) is 31.9 Å². The number of H-pyrrole nitrogens is 1. The molecule has 0 bridgehead atoms. The summed E-state index contributed by atoms with van der Waals surface area (Å²) in [7, 11) is 0. The van der Waals surface area contributed by atoms with Gasteiger partial charge in [-0.15, -0.1) is 0 Å². The number of imidazole rings is 1. The molecule has 1 aliphatic rings. The molecule has 0 aliphatic carbocycles. The van der Waals surface area contributed by atoms with Crippen molar-refractivity contribution in [2.24, 2.45) is 5.16 Å². The first-order chi connectivity index (χ1) is 14.1. The van der Waals surface area contributed by atoms with E-state index < -0.39 is 0 Å². The number of anilines is 1. The number of nitrogens with two attached hydrogens (primary N) is 1. The summed E-state index contributed by atoms with van der Waals surface area (Å²) in [6.07, 6.45) is 5.71. The highest BCUT2D eigenvalue weighted by molar-refractivity contribution is 5.85. The summed E-state index contributed by atoms with van der Waals surface area (Å²) in [5.41, 5.74) is 7.11. The summed E-state index contributed by atoms with van der Waals surface area (Å²) in [6.45, 7) is 8.28. The molecule has 3 rings (SSSR count). The number of hydrogen-bond acceptors (Lipinski definition) is 8. The van der Waals surface area contributed by atoms with Gasteiger partial charge >= 0.3 is 11.7 Å². The minimum atomic E-state index is -0.324. The first-order valence-corrected chi connectivity index (χ1v) is 10.3. The topological polar surface area (TPSA) is 124 Å². The summed E-state index contributed by atoms with van der Waals surface area (Å²) in [6, 6.07) is 0.170. The van der Waals surface area contributed by atoms with Gasteiger partial charge in [0.05, 0.1) is 18.9 Å². The van der Waals surface area contributed by atoms with Crippen molar-refractivity contribution in [1.82, 2.24) is 24.4 Å². The molecule has 2 aromatic rings. The minimum absolute atomic E-state index is 0.170. The molecule has 0 saturated carbocycles. The van der Waals surface area contributed by atoms with E-state index in [1.165, 1.54) is 23.8 Å². The first kappa shape index (κ1) is 21.1. The van der Waals surface area contributed by atoms with E-state index in [4.69, 9.17) is 15.3 Å². The number of unbranched alkanes of at least 4 members (excludes halogenated alkanes) is 1. The molecule has 2 aromatic heterocycles. The Bertz CT molecular complexity index is 884. The number of aromatic amines is 1. The Morgan fingerprint density at radius 3 is 2.79 bits per heavy atom. The molecule has 10 heteroatoms. The Morgan fingerprint density at radius 2 is 2.03 bits per heavy atom. The molecule has 0 amide bonds. The summed E-state index contributed by atoms with van der Waals surface area (Å²) >= 11 is 0. The van der Waals surface area contributed by atoms with E-state index in [-0.39, 0.29) is 24.1 Å². The third-order valence-corrected chi connectivity index (χ3v) is 4.91. The summed E-state index contributed by atoms with van der Waals surface area (Å²) in [5, 5.41) is 4.15. The minimum Gasteiger partial charge on any atom is -0.463 e. The summed E-state index contributed by atoms with van der Waals surface area (Å²) in [5.74, 6) is 0.185. The second kappa shape index (κ2) is 10.2. The third kappa shape index (κ3) is 5.69. The summed E-state index contributed by atoms with van der Waals surface area (Å²) in [4.78, 5) is 31.4. The quantitative estimate of drug-likeness (QED) is 0.351. The molecule has 0 spiro atoms. The van der Waals surface area contributed by atoms with Gasteiger partial charge in [-0.1, -0.05) is 24.9 Å². The Hall–Kier alpha value is -2.62. The first-order valence-electron chi connectivity index (χ1n) is 10.3. The number of ether oxygens (including phenoxy) is 1. The predicted octanol–water partition coefficient (Wildman–Crippen LogP) is 1.76. The molecule has 29 heavy (non-hydrogen) atoms. The van der Waals surface area contributed by atoms with E-state index in [0.717, 1.165) is 32.5 Å². The van der Waals surface area contributed by atoms with Gasteiger partial charge in [-0.05, 0) is 39.3 Å². The van der Waals surface area contributed by atoms with Crippen molar-refractivity contribution < 1.29 is 9.57 Å². The van der Waals surface area contributed by atoms with Gasteiger partial charge < -0.3 is 20.3 Å². The number of oxime groups is 1. The SMILES string of the molecule is CCCCOc1nc(N)c2[nH]c(=O)n(C/C(C)=N\OCCN3CCCCC3)c2n1. The number of nitrogens with zero attached hydrogens (tertiary/aromatic N) is 5. The molecule has 0 atom stereocenters. The molecule has 0 aromatic carbocycles. The van der Waals surface area contributed by atoms with Crippen LogP contribution in [0.3, 0.4) is 0 Å². The lowest BCUT2D eigenvalue weighted by Gasteiger charge is -2.25. The Balaban J connectivity index is 1.64. The number of piperidine rings is 1. The fourth-order valence-corrected chi connectivity index (χ4v) is 3.32. The zero-order valence-electron chi connectivity index (χ0n) is 17.3. The molecule has 1 aliphatic heterocycles. The normalized spacial score (nSPS) is 15.7. The number of likely N-dealkylation sites (tertiary alicyclic amines) is 1. The number of nitrogens with one attached hydrogen (secondary N) is 1. The van der Waals surface area contributed by atoms with Crippen molar-refractivity contribution in [2.45, 2.75) is 52.5 Å². The standard InChI is InChI=1S/C19H31N7O3/c1-3-4-11-28-18-22-16(20)15-17(23-18)26(19(27)21-15)13-14(2)24-29-12-10-25-8-6-5-7-9-25/h3-13H2,1-2H3,(H,21,27)(H2,20,22,23)/b24-14-. The Kier molecular flexibility index (Phi) is 7.45. The van der Waals surface area contributed by atoms with Gasteiger partial charge in [-0.3, -0.25) is 9.47 Å². The van der Waals surface area contributed by atoms with Crippen molar-refractivity contribution in [2.75, 3.05) is 38.6 Å². The smallest absolute Gasteiger partial charge is 0.328 e. The van der Waals surface area contributed by atoms with Crippen molar-refractivity contribution >= 4 is 22.7 Å². The van der Waals surface area contributed by atoms with Crippen LogP contribution in [-0.2, 0) is 11.4 Å². The molecule has 0 unspecified atom stereocenters. The van der Waals surface area contributed by atoms with Crippen LogP contribution in [0.5, 0.6) is 6.01 Å². The van der Waals surface area contributed by atoms with Crippen LogP contribution in [0.15, 0.2) is 9.95 Å². The zero-order chi connectivity index (χ0) is 20.6. The number of fused-ring (bicyclic) bond motifs is 1. The molecular formula is C19H31N7O3. The van der Waals surface area contributed by atoms with Gasteiger partial charge in [0.1, 0.15) is 12.1 Å². The monoisotopic (exact) mass is 405 g/mol. The molecule has 160 valence electrons. The van der Waals surface area contributed by atoms with E-state index in [9.17, 15) is 4.79 Å². The maximum atomic E-state index is 12.4. The van der Waals surface area contributed by atoms with E-state index >= 15 is 0 Å². The molecule has 1 saturated heterocycles. The maximum absolute atomic E-state index is 12.4. The van der Waals surface area contributed by atoms with Crippen LogP contribution in [0, 0.1) is 0 Å². The van der Waals surface area contributed by atoms with Gasteiger partial charge in [0.2, 0.25) is 0 Å². The Labute approximate surface area is 170 Å². The molecule has 3 heterocycles. The van der Waals surface area contributed by atoms with Crippen LogP contribution in [-0.4, -0.2) is 63.0 Å². The largest absolute Gasteiger partial charge is 0.463 e. The zero-order valence-corrected chi connectivity index (χ0v) is 17.3. The maximum Gasteiger partial charge on any atom is 0.328 e. The van der Waals surface area contributed by atoms with Crippen molar-refractivity contribution in [3.8, 4) is 6.01 Å². The molecule has 3 N–H and O–H groups in total. The summed E-state index contributed by atoms with van der Waals surface area (Å²) < 4.78 is 7.02. The predicted molar refractivity (Wildman–Crippen MR) is 112 cm³/mol. The molecular weight excluding hydrogens is 374 g/mol. The second-order valence-corrected chi connectivity index (χ2v) is 7.37. The number of rotatable bonds is 10. The number of nitrogen functional groups attached to an aromatic ring is 1. The van der Waals surface area contributed by atoms with E-state index in [1.807, 2.05) is 6.92 Å². The van der Waals surface area contributed by atoms with Gasteiger partial charge in [-0.2, -0.15) is 9.97 Å². The van der Waals surface area contributed by atoms with E-state index in [1.54, 1.807) is 0 Å². The van der Waals surface area contributed by atoms with Crippen molar-refractivity contribution in [3.05, 3.63) is 10.5 Å². The lowest BCUT2D eigenvalue weighted by Crippen LogP contribution is -2.32. The average molecular weight is 406 g/mol. The molecule has 1 fully saturated rings. The fraction of sp³-hybridized carbons (Fsp3) is 0.684. The molecule has 0 radical (unpaired) electrons. The second-order valence-electron chi connectivity index (χ2n) is 7.37. The van der Waals surface area contributed by atoms with Gasteiger partial charge in [-0.25, -0.2) is 4.79 Å². The van der Waals surface area contributed by atoms with E-state index in [0.29, 0.717) is 30.1 Å². The van der Waals surface area contributed by atoms with Crippen LogP contribution in [0.4, 0.5) is 5.82 Å². The lowest BCUT2D eigenvalue weighted by molar-refractivity contribution is 0.102. The van der Waals surface area contributed by atoms with Gasteiger partial charge in [0, 0.05) is 6.54 Å².